The van der Waals surface area contributed by atoms with E-state index in [0.29, 0.717) is 35.5 Å². The number of sulfonamides is 1. The minimum atomic E-state index is -3.94. The summed E-state index contributed by atoms with van der Waals surface area (Å²) in [5.74, 6) is -0.324. The van der Waals surface area contributed by atoms with Crippen molar-refractivity contribution in [2.24, 2.45) is 0 Å². The van der Waals surface area contributed by atoms with Gasteiger partial charge in [0.1, 0.15) is 11.8 Å². The van der Waals surface area contributed by atoms with Gasteiger partial charge in [-0.25, -0.2) is 8.42 Å². The van der Waals surface area contributed by atoms with Gasteiger partial charge in [-0.15, -0.1) is 0 Å². The van der Waals surface area contributed by atoms with Gasteiger partial charge in [-0.3, -0.25) is 9.59 Å². The molecule has 0 saturated carbocycles. The fourth-order valence-corrected chi connectivity index (χ4v) is 6.06. The number of nitrogens with zero attached hydrogens (tertiary/aromatic N) is 1. The molecule has 2 heterocycles. The molecule has 0 aliphatic carbocycles. The monoisotopic (exact) mass is 443 g/mol. The van der Waals surface area contributed by atoms with Gasteiger partial charge in [0.05, 0.1) is 10.6 Å². The molecule has 1 fully saturated rings. The van der Waals surface area contributed by atoms with Gasteiger partial charge in [-0.1, -0.05) is 6.07 Å². The zero-order chi connectivity index (χ0) is 22.3. The van der Waals surface area contributed by atoms with Crippen molar-refractivity contribution in [2.75, 3.05) is 23.8 Å². The minimum absolute atomic E-state index is 0.0773. The SMILES string of the molecule is Cc1cc(C)cc(NC(=O)[C@@H]2CCCN2S(=O)(=O)c2cc3c(cc2C)NC(=O)CO3)c1. The van der Waals surface area contributed by atoms with Crippen molar-refractivity contribution < 1.29 is 22.7 Å². The smallest absolute Gasteiger partial charge is 0.262 e. The Morgan fingerprint density at radius 3 is 2.55 bits per heavy atom. The van der Waals surface area contributed by atoms with Gasteiger partial charge in [0, 0.05) is 18.3 Å². The van der Waals surface area contributed by atoms with E-state index in [-0.39, 0.29) is 29.9 Å². The third-order valence-electron chi connectivity index (χ3n) is 5.49. The van der Waals surface area contributed by atoms with Crippen LogP contribution in [0.15, 0.2) is 35.2 Å². The van der Waals surface area contributed by atoms with Crippen LogP contribution in [0.3, 0.4) is 0 Å². The average Bonchev–Trinajstić information content (AvgIpc) is 3.17. The predicted molar refractivity (Wildman–Crippen MR) is 117 cm³/mol. The van der Waals surface area contributed by atoms with Crippen LogP contribution in [-0.4, -0.2) is 43.7 Å². The normalized spacial score (nSPS) is 18.8. The predicted octanol–water partition coefficient (Wildman–Crippen LogP) is 2.73. The first-order valence-electron chi connectivity index (χ1n) is 10.1. The number of amides is 2. The number of nitrogens with one attached hydrogen (secondary N) is 2. The van der Waals surface area contributed by atoms with Gasteiger partial charge in [0.25, 0.3) is 5.91 Å². The molecular formula is C22H25N3O5S. The number of anilines is 2. The molecule has 4 rings (SSSR count). The molecule has 31 heavy (non-hydrogen) atoms. The largest absolute Gasteiger partial charge is 0.482 e. The Morgan fingerprint density at radius 2 is 1.84 bits per heavy atom. The maximum absolute atomic E-state index is 13.5. The summed E-state index contributed by atoms with van der Waals surface area (Å²) in [7, 11) is -3.94. The zero-order valence-corrected chi connectivity index (χ0v) is 18.5. The van der Waals surface area contributed by atoms with Crippen LogP contribution in [0.2, 0.25) is 0 Å². The fourth-order valence-electron chi connectivity index (χ4n) is 4.18. The number of benzene rings is 2. The average molecular weight is 444 g/mol. The second-order valence-corrected chi connectivity index (χ2v) is 9.95. The van der Waals surface area contributed by atoms with Gasteiger partial charge >= 0.3 is 0 Å². The minimum Gasteiger partial charge on any atom is -0.482 e. The second-order valence-electron chi connectivity index (χ2n) is 8.09. The lowest BCUT2D eigenvalue weighted by atomic mass is 10.1. The molecule has 9 heteroatoms. The number of carbonyl (C=O) groups excluding carboxylic acids is 2. The molecule has 2 amide bonds. The van der Waals surface area contributed by atoms with Crippen molar-refractivity contribution in [3.63, 3.8) is 0 Å². The Hall–Kier alpha value is -2.91. The van der Waals surface area contributed by atoms with E-state index in [1.165, 1.54) is 10.4 Å². The van der Waals surface area contributed by atoms with Crippen LogP contribution in [0.4, 0.5) is 11.4 Å². The van der Waals surface area contributed by atoms with Gasteiger partial charge in [0.15, 0.2) is 6.61 Å². The number of ether oxygens (including phenoxy) is 1. The van der Waals surface area contributed by atoms with Crippen molar-refractivity contribution >= 4 is 33.2 Å². The highest BCUT2D eigenvalue weighted by Crippen LogP contribution is 2.36. The highest BCUT2D eigenvalue weighted by Gasteiger charge is 2.40. The Morgan fingerprint density at radius 1 is 1.13 bits per heavy atom. The van der Waals surface area contributed by atoms with E-state index < -0.39 is 16.1 Å². The van der Waals surface area contributed by atoms with E-state index >= 15 is 0 Å². The van der Waals surface area contributed by atoms with Crippen LogP contribution in [0.1, 0.15) is 29.5 Å². The molecule has 2 aromatic rings. The van der Waals surface area contributed by atoms with Crippen LogP contribution in [0.25, 0.3) is 0 Å². The molecule has 1 saturated heterocycles. The maximum atomic E-state index is 13.5. The Labute approximate surface area is 181 Å². The van der Waals surface area contributed by atoms with Crippen LogP contribution < -0.4 is 15.4 Å². The lowest BCUT2D eigenvalue weighted by molar-refractivity contribution is -0.119. The summed E-state index contributed by atoms with van der Waals surface area (Å²) in [4.78, 5) is 24.6. The molecule has 2 N–H and O–H groups in total. The molecule has 0 bridgehead atoms. The summed E-state index contributed by atoms with van der Waals surface area (Å²) in [6, 6.07) is 7.94. The first-order chi connectivity index (χ1) is 14.6. The maximum Gasteiger partial charge on any atom is 0.262 e. The van der Waals surface area contributed by atoms with Crippen LogP contribution in [0.5, 0.6) is 5.75 Å². The lowest BCUT2D eigenvalue weighted by Gasteiger charge is -2.26. The number of fused-ring (bicyclic) bond motifs is 1. The molecule has 164 valence electrons. The number of aryl methyl sites for hydroxylation is 3. The van der Waals surface area contributed by atoms with Crippen LogP contribution >= 0.6 is 0 Å². The van der Waals surface area contributed by atoms with Gasteiger partial charge in [0.2, 0.25) is 15.9 Å². The molecule has 0 spiro atoms. The molecule has 0 aromatic heterocycles. The summed E-state index contributed by atoms with van der Waals surface area (Å²) in [6.45, 7) is 5.65. The number of carbonyl (C=O) groups is 2. The quantitative estimate of drug-likeness (QED) is 0.756. The molecule has 2 aliphatic heterocycles. The Kier molecular flexibility index (Phi) is 5.49. The third kappa shape index (κ3) is 4.15. The highest BCUT2D eigenvalue weighted by molar-refractivity contribution is 7.89. The van der Waals surface area contributed by atoms with E-state index in [1.807, 2.05) is 32.0 Å². The molecule has 1 atom stereocenters. The zero-order valence-electron chi connectivity index (χ0n) is 17.7. The topological polar surface area (TPSA) is 105 Å². The standard InChI is InChI=1S/C22H25N3O5S/c1-13-7-14(2)9-16(8-13)23-22(27)18-5-4-6-25(18)31(28,29)20-11-19-17(10-15(20)3)24-21(26)12-30-19/h7-11,18H,4-6,12H2,1-3H3,(H,23,27)(H,24,26)/t18-/m0/s1. The fraction of sp³-hybridized carbons (Fsp3) is 0.364. The van der Waals surface area contributed by atoms with Gasteiger partial charge < -0.3 is 15.4 Å². The third-order valence-corrected chi connectivity index (χ3v) is 7.54. The van der Waals surface area contributed by atoms with Crippen molar-refractivity contribution in [1.29, 1.82) is 0 Å². The Bertz CT molecular complexity index is 1160. The van der Waals surface area contributed by atoms with Gasteiger partial charge in [-0.05, 0) is 68.5 Å². The molecule has 2 aromatic carbocycles. The molecule has 8 nitrogen and oxygen atoms in total. The van der Waals surface area contributed by atoms with E-state index in [0.717, 1.165) is 11.1 Å². The van der Waals surface area contributed by atoms with Crippen molar-refractivity contribution in [3.05, 3.63) is 47.0 Å². The first kappa shape index (κ1) is 21.3. The van der Waals surface area contributed by atoms with Crippen LogP contribution in [-0.2, 0) is 19.6 Å². The lowest BCUT2D eigenvalue weighted by Crippen LogP contribution is -2.43. The molecule has 0 unspecified atom stereocenters. The Balaban J connectivity index is 1.62. The number of rotatable bonds is 4. The second kappa shape index (κ2) is 7.97. The van der Waals surface area contributed by atoms with Crippen molar-refractivity contribution in [1.82, 2.24) is 4.31 Å². The van der Waals surface area contributed by atoms with E-state index in [2.05, 4.69) is 10.6 Å². The summed E-state index contributed by atoms with van der Waals surface area (Å²) in [5, 5.41) is 5.55. The summed E-state index contributed by atoms with van der Waals surface area (Å²) < 4.78 is 33.6. The van der Waals surface area contributed by atoms with Gasteiger partial charge in [-0.2, -0.15) is 4.31 Å². The van der Waals surface area contributed by atoms with Crippen molar-refractivity contribution in [3.8, 4) is 5.75 Å². The summed E-state index contributed by atoms with van der Waals surface area (Å²) in [6.07, 6.45) is 1.05. The van der Waals surface area contributed by atoms with E-state index in [9.17, 15) is 18.0 Å². The molecule has 0 radical (unpaired) electrons. The van der Waals surface area contributed by atoms with Crippen molar-refractivity contribution in [2.45, 2.75) is 44.6 Å². The summed E-state index contributed by atoms with van der Waals surface area (Å²) in [5.41, 5.74) is 3.61. The first-order valence-corrected chi connectivity index (χ1v) is 11.6. The number of hydrogen-bond acceptors (Lipinski definition) is 5. The van der Waals surface area contributed by atoms with E-state index in [4.69, 9.17) is 4.74 Å². The molecular weight excluding hydrogens is 418 g/mol. The van der Waals surface area contributed by atoms with E-state index in [1.54, 1.807) is 13.0 Å². The highest BCUT2D eigenvalue weighted by atomic mass is 32.2. The molecule has 2 aliphatic rings. The number of hydrogen-bond donors (Lipinski definition) is 2. The van der Waals surface area contributed by atoms with Crippen LogP contribution in [0, 0.1) is 20.8 Å². The summed E-state index contributed by atoms with van der Waals surface area (Å²) >= 11 is 0.